The van der Waals surface area contributed by atoms with Gasteiger partial charge in [-0.2, -0.15) is 0 Å². The molecule has 0 saturated carbocycles. The molecule has 0 heterocycles. The van der Waals surface area contributed by atoms with E-state index in [0.29, 0.717) is 6.42 Å². The van der Waals surface area contributed by atoms with Crippen LogP contribution in [-0.2, 0) is 10.1 Å². The maximum Gasteiger partial charge on any atom is 1.00 e. The molecule has 0 rings (SSSR count). The summed E-state index contributed by atoms with van der Waals surface area (Å²) in [6.45, 7) is 4.27. The Hall–Kier alpha value is 0.870. The van der Waals surface area contributed by atoms with E-state index in [-0.39, 0.29) is 29.6 Å². The van der Waals surface area contributed by atoms with E-state index < -0.39 is 21.0 Å². The SMILES string of the molecule is CCC(C)C(C)(O)S(=O)(=O)[O-].[Na+]. The second-order valence-electron chi connectivity index (χ2n) is 2.82. The molecule has 0 fully saturated rings. The Bertz CT molecular complexity index is 222. The zero-order valence-corrected chi connectivity index (χ0v) is 10.7. The second-order valence-corrected chi connectivity index (χ2v) is 4.55. The molecule has 0 amide bonds. The van der Waals surface area contributed by atoms with E-state index in [0.717, 1.165) is 6.92 Å². The Morgan fingerprint density at radius 1 is 1.58 bits per heavy atom. The van der Waals surface area contributed by atoms with Gasteiger partial charge in [0.25, 0.3) is 0 Å². The number of hydrogen-bond acceptors (Lipinski definition) is 4. The van der Waals surface area contributed by atoms with E-state index in [9.17, 15) is 18.1 Å². The molecule has 12 heavy (non-hydrogen) atoms. The smallest absolute Gasteiger partial charge is 0.746 e. The number of hydrogen-bond donors (Lipinski definition) is 1. The topological polar surface area (TPSA) is 77.4 Å². The zero-order valence-electron chi connectivity index (χ0n) is 7.86. The second kappa shape index (κ2) is 4.93. The zero-order chi connectivity index (χ0) is 9.28. The van der Waals surface area contributed by atoms with Crippen LogP contribution in [0.5, 0.6) is 0 Å². The van der Waals surface area contributed by atoms with E-state index in [1.165, 1.54) is 6.92 Å². The molecule has 2 unspecified atom stereocenters. The summed E-state index contributed by atoms with van der Waals surface area (Å²) in [7, 11) is -4.61. The third-order valence-electron chi connectivity index (χ3n) is 2.03. The quantitative estimate of drug-likeness (QED) is 0.400. The summed E-state index contributed by atoms with van der Waals surface area (Å²) in [5.41, 5.74) is 0. The average Bonchev–Trinajstić information content (AvgIpc) is 1.83. The van der Waals surface area contributed by atoms with Gasteiger partial charge in [-0.15, -0.1) is 0 Å². The Morgan fingerprint density at radius 2 is 1.92 bits per heavy atom. The summed E-state index contributed by atoms with van der Waals surface area (Å²) >= 11 is 0. The third kappa shape index (κ3) is 3.32. The first-order chi connectivity index (χ1) is 4.73. The third-order valence-corrected chi connectivity index (χ3v) is 3.45. The Balaban J connectivity index is 0. The molecule has 0 aliphatic rings. The fourth-order valence-corrected chi connectivity index (χ4v) is 1.28. The van der Waals surface area contributed by atoms with E-state index in [1.54, 1.807) is 6.92 Å². The van der Waals surface area contributed by atoms with Gasteiger partial charge < -0.3 is 9.66 Å². The van der Waals surface area contributed by atoms with Crippen LogP contribution in [0.3, 0.4) is 0 Å². The van der Waals surface area contributed by atoms with Gasteiger partial charge >= 0.3 is 29.6 Å². The van der Waals surface area contributed by atoms with Crippen molar-refractivity contribution in [3.05, 3.63) is 0 Å². The van der Waals surface area contributed by atoms with Crippen molar-refractivity contribution in [3.63, 3.8) is 0 Å². The molecule has 0 aromatic carbocycles. The summed E-state index contributed by atoms with van der Waals surface area (Å²) in [6.07, 6.45) is 0.453. The van der Waals surface area contributed by atoms with Crippen molar-refractivity contribution in [2.75, 3.05) is 0 Å². The molecule has 0 radical (unpaired) electrons. The largest absolute Gasteiger partial charge is 1.00 e. The fourth-order valence-electron chi connectivity index (χ4n) is 0.625. The van der Waals surface area contributed by atoms with Crippen molar-refractivity contribution in [1.82, 2.24) is 0 Å². The maximum atomic E-state index is 10.4. The first-order valence-corrected chi connectivity index (χ1v) is 4.82. The van der Waals surface area contributed by atoms with Crippen LogP contribution in [0, 0.1) is 5.92 Å². The summed E-state index contributed by atoms with van der Waals surface area (Å²) in [5.74, 6) is -0.537. The molecule has 4 nitrogen and oxygen atoms in total. The molecule has 0 spiro atoms. The van der Waals surface area contributed by atoms with Crippen LogP contribution in [0.1, 0.15) is 27.2 Å². The Kier molecular flexibility index (Phi) is 6.30. The number of aliphatic hydroxyl groups is 1. The predicted molar refractivity (Wildman–Crippen MR) is 39.8 cm³/mol. The van der Waals surface area contributed by atoms with E-state index in [4.69, 9.17) is 0 Å². The normalized spacial score (nSPS) is 19.1. The molecule has 68 valence electrons. The van der Waals surface area contributed by atoms with E-state index in [2.05, 4.69) is 0 Å². The van der Waals surface area contributed by atoms with E-state index >= 15 is 0 Å². The van der Waals surface area contributed by atoms with Gasteiger partial charge in [0.15, 0.2) is 4.93 Å². The van der Waals surface area contributed by atoms with Gasteiger partial charge in [-0.3, -0.25) is 0 Å². The molecule has 0 aromatic rings. The summed E-state index contributed by atoms with van der Waals surface area (Å²) in [4.78, 5) is -2.14. The average molecular weight is 204 g/mol. The predicted octanol–water partition coefficient (Wildman–Crippen LogP) is -2.71. The van der Waals surface area contributed by atoms with Crippen molar-refractivity contribution >= 4 is 10.1 Å². The van der Waals surface area contributed by atoms with Crippen LogP contribution in [0.2, 0.25) is 0 Å². The minimum atomic E-state index is -4.61. The minimum Gasteiger partial charge on any atom is -0.746 e. The summed E-state index contributed by atoms with van der Waals surface area (Å²) in [5, 5.41) is 9.22. The van der Waals surface area contributed by atoms with Crippen LogP contribution in [-0.4, -0.2) is 23.0 Å². The molecule has 0 aromatic heterocycles. The molecule has 0 saturated heterocycles. The van der Waals surface area contributed by atoms with Gasteiger partial charge in [0, 0.05) is 0 Å². The van der Waals surface area contributed by atoms with Gasteiger partial charge in [0.05, 0.1) is 0 Å². The molecule has 0 aliphatic heterocycles. The standard InChI is InChI=1S/C6H14O4S.Na/c1-4-5(2)6(3,7)11(8,9)10;/h5,7H,4H2,1-3H3,(H,8,9,10);/q;+1/p-1. The van der Waals surface area contributed by atoms with Crippen molar-refractivity contribution < 1.29 is 47.6 Å². The molecule has 2 atom stereocenters. The van der Waals surface area contributed by atoms with Crippen LogP contribution >= 0.6 is 0 Å². The molecule has 1 N–H and O–H groups in total. The van der Waals surface area contributed by atoms with Crippen LogP contribution < -0.4 is 29.6 Å². The van der Waals surface area contributed by atoms with Crippen molar-refractivity contribution in [2.45, 2.75) is 32.1 Å². The van der Waals surface area contributed by atoms with Crippen molar-refractivity contribution in [1.29, 1.82) is 0 Å². The summed E-state index contributed by atoms with van der Waals surface area (Å²) < 4.78 is 31.3. The summed E-state index contributed by atoms with van der Waals surface area (Å²) in [6, 6.07) is 0. The molecule has 6 heteroatoms. The van der Waals surface area contributed by atoms with Gasteiger partial charge in [-0.25, -0.2) is 8.42 Å². The number of rotatable bonds is 3. The van der Waals surface area contributed by atoms with Crippen LogP contribution in [0.15, 0.2) is 0 Å². The van der Waals surface area contributed by atoms with Gasteiger partial charge in [-0.05, 0) is 19.3 Å². The van der Waals surface area contributed by atoms with Crippen LogP contribution in [0.25, 0.3) is 0 Å². The van der Waals surface area contributed by atoms with Gasteiger partial charge in [-0.1, -0.05) is 13.8 Å². The minimum absolute atomic E-state index is 0. The first kappa shape index (κ1) is 15.3. The maximum absolute atomic E-state index is 10.4. The molecular weight excluding hydrogens is 191 g/mol. The van der Waals surface area contributed by atoms with Crippen molar-refractivity contribution in [2.24, 2.45) is 5.92 Å². The van der Waals surface area contributed by atoms with Gasteiger partial charge in [0.2, 0.25) is 0 Å². The first-order valence-electron chi connectivity index (χ1n) is 3.41. The van der Waals surface area contributed by atoms with Crippen molar-refractivity contribution in [3.8, 4) is 0 Å². The fraction of sp³-hybridized carbons (Fsp3) is 1.00. The molecular formula is C6H13NaO4S. The Labute approximate surface area is 95.4 Å². The monoisotopic (exact) mass is 204 g/mol. The van der Waals surface area contributed by atoms with Gasteiger partial charge in [0.1, 0.15) is 10.1 Å². The molecule has 0 bridgehead atoms. The Morgan fingerprint density at radius 3 is 2.00 bits per heavy atom. The molecule has 0 aliphatic carbocycles. The van der Waals surface area contributed by atoms with Crippen LogP contribution in [0.4, 0.5) is 0 Å². The van der Waals surface area contributed by atoms with E-state index in [1.807, 2.05) is 0 Å².